The number of amides is 1. The average molecular weight is 377 g/mol. The van der Waals surface area contributed by atoms with Crippen LogP contribution in [0.1, 0.15) is 47.9 Å². The van der Waals surface area contributed by atoms with Crippen LogP contribution in [0, 0.1) is 0 Å². The molecule has 1 aliphatic heterocycles. The van der Waals surface area contributed by atoms with Crippen LogP contribution in [-0.4, -0.2) is 39.3 Å². The number of hydrogen-bond acceptors (Lipinski definition) is 4. The number of fused-ring (bicyclic) bond motifs is 1. The van der Waals surface area contributed by atoms with Crippen LogP contribution in [0.15, 0.2) is 48.5 Å². The molecule has 2 heterocycles. The zero-order chi connectivity index (χ0) is 19.7. The van der Waals surface area contributed by atoms with E-state index in [0.717, 1.165) is 23.3 Å². The van der Waals surface area contributed by atoms with Crippen molar-refractivity contribution in [1.82, 2.24) is 15.1 Å². The summed E-state index contributed by atoms with van der Waals surface area (Å²) in [5, 5.41) is 17.6. The summed E-state index contributed by atoms with van der Waals surface area (Å²) in [7, 11) is 0. The number of benzene rings is 2. The van der Waals surface area contributed by atoms with Gasteiger partial charge in [-0.15, -0.1) is 0 Å². The number of phenols is 1. The molecule has 0 bridgehead atoms. The molecular formula is C22H23N3O3. The lowest BCUT2D eigenvalue weighted by atomic mass is 9.95. The molecule has 1 aromatic heterocycles. The molecule has 6 nitrogen and oxygen atoms in total. The van der Waals surface area contributed by atoms with E-state index in [-0.39, 0.29) is 17.7 Å². The van der Waals surface area contributed by atoms with E-state index in [1.807, 2.05) is 48.2 Å². The second kappa shape index (κ2) is 7.38. The van der Waals surface area contributed by atoms with Crippen molar-refractivity contribution in [2.24, 2.45) is 0 Å². The summed E-state index contributed by atoms with van der Waals surface area (Å²) in [5.74, 6) is 0.836. The fraction of sp³-hybridized carbons (Fsp3) is 0.273. The van der Waals surface area contributed by atoms with Gasteiger partial charge < -0.3 is 14.7 Å². The second-order valence-electron chi connectivity index (χ2n) is 6.78. The molecule has 0 unspecified atom stereocenters. The zero-order valence-electron chi connectivity index (χ0n) is 16.0. The molecule has 0 radical (unpaired) electrons. The average Bonchev–Trinajstić information content (AvgIpc) is 3.23. The minimum atomic E-state index is -0.281. The Morgan fingerprint density at radius 2 is 2.00 bits per heavy atom. The molecule has 0 fully saturated rings. The first-order valence-corrected chi connectivity index (χ1v) is 9.56. The third kappa shape index (κ3) is 2.91. The minimum Gasteiger partial charge on any atom is -0.507 e. The lowest BCUT2D eigenvalue weighted by Gasteiger charge is -2.26. The lowest BCUT2D eigenvalue weighted by Crippen LogP contribution is -2.30. The van der Waals surface area contributed by atoms with Crippen molar-refractivity contribution < 1.29 is 14.6 Å². The Balaban J connectivity index is 1.89. The monoisotopic (exact) mass is 377 g/mol. The number of aromatic nitrogens is 2. The Kier molecular flexibility index (Phi) is 4.77. The van der Waals surface area contributed by atoms with Gasteiger partial charge in [-0.1, -0.05) is 31.2 Å². The molecule has 1 amide bonds. The second-order valence-corrected chi connectivity index (χ2v) is 6.78. The maximum absolute atomic E-state index is 13.1. The third-order valence-electron chi connectivity index (χ3n) is 4.97. The number of rotatable bonds is 6. The summed E-state index contributed by atoms with van der Waals surface area (Å²) < 4.78 is 5.66. The van der Waals surface area contributed by atoms with Gasteiger partial charge in [0.05, 0.1) is 12.6 Å². The molecule has 144 valence electrons. The molecule has 28 heavy (non-hydrogen) atoms. The van der Waals surface area contributed by atoms with Crippen molar-refractivity contribution in [1.29, 1.82) is 0 Å². The van der Waals surface area contributed by atoms with Crippen molar-refractivity contribution >= 4 is 5.91 Å². The number of nitrogens with zero attached hydrogens (tertiary/aromatic N) is 2. The van der Waals surface area contributed by atoms with Crippen molar-refractivity contribution in [2.75, 3.05) is 13.2 Å². The van der Waals surface area contributed by atoms with E-state index in [1.165, 1.54) is 0 Å². The fourth-order valence-corrected chi connectivity index (χ4v) is 3.84. The molecule has 0 saturated heterocycles. The van der Waals surface area contributed by atoms with Gasteiger partial charge in [-0.25, -0.2) is 0 Å². The maximum atomic E-state index is 13.1. The number of hydrogen-bond donors (Lipinski definition) is 2. The maximum Gasteiger partial charge on any atom is 0.273 e. The summed E-state index contributed by atoms with van der Waals surface area (Å²) in [6.07, 6.45) is 0.844. The molecule has 3 aromatic rings. The molecule has 4 rings (SSSR count). The van der Waals surface area contributed by atoms with Crippen LogP contribution in [0.5, 0.6) is 11.5 Å². The fourth-order valence-electron chi connectivity index (χ4n) is 3.84. The SMILES string of the molecule is CCCN1C(=O)c2[nH]nc(-c3ccccc3O)c2[C@H]1c1cccc(OCC)c1. The van der Waals surface area contributed by atoms with E-state index >= 15 is 0 Å². The first-order valence-electron chi connectivity index (χ1n) is 9.56. The highest BCUT2D eigenvalue weighted by molar-refractivity contribution is 6.00. The standard InChI is InChI=1S/C22H23N3O3/c1-3-12-25-21(14-8-7-9-15(13-14)28-4-2)18-19(23-24-20(18)22(25)27)16-10-5-6-11-17(16)26/h5-11,13,21,26H,3-4,12H2,1-2H3,(H,23,24)/t21-/m1/s1. The van der Waals surface area contributed by atoms with Crippen molar-refractivity contribution in [2.45, 2.75) is 26.3 Å². The summed E-state index contributed by atoms with van der Waals surface area (Å²) in [6.45, 7) is 5.20. The quantitative estimate of drug-likeness (QED) is 0.677. The van der Waals surface area contributed by atoms with Crippen molar-refractivity contribution in [3.8, 4) is 22.8 Å². The molecule has 2 aromatic carbocycles. The first-order chi connectivity index (χ1) is 13.7. The zero-order valence-corrected chi connectivity index (χ0v) is 16.0. The van der Waals surface area contributed by atoms with Crippen LogP contribution in [0.25, 0.3) is 11.3 Å². The minimum absolute atomic E-state index is 0.0715. The van der Waals surface area contributed by atoms with Crippen LogP contribution >= 0.6 is 0 Å². The van der Waals surface area contributed by atoms with Crippen LogP contribution in [0.3, 0.4) is 0 Å². The Morgan fingerprint density at radius 3 is 2.75 bits per heavy atom. The lowest BCUT2D eigenvalue weighted by molar-refractivity contribution is 0.0743. The normalized spacial score (nSPS) is 15.7. The van der Waals surface area contributed by atoms with Gasteiger partial charge in [-0.05, 0) is 43.2 Å². The Bertz CT molecular complexity index is 1010. The molecular weight excluding hydrogens is 354 g/mol. The molecule has 0 saturated carbocycles. The largest absolute Gasteiger partial charge is 0.507 e. The van der Waals surface area contributed by atoms with E-state index in [9.17, 15) is 9.90 Å². The highest BCUT2D eigenvalue weighted by Gasteiger charge is 2.42. The van der Waals surface area contributed by atoms with E-state index in [2.05, 4.69) is 17.1 Å². The van der Waals surface area contributed by atoms with E-state index < -0.39 is 0 Å². The number of ether oxygens (including phenoxy) is 1. The number of para-hydroxylation sites is 1. The third-order valence-corrected chi connectivity index (χ3v) is 4.97. The van der Waals surface area contributed by atoms with Gasteiger partial charge in [0.25, 0.3) is 5.91 Å². The smallest absolute Gasteiger partial charge is 0.273 e. The van der Waals surface area contributed by atoms with E-state index in [0.29, 0.717) is 30.1 Å². The number of carbonyl (C=O) groups excluding carboxylic acids is 1. The van der Waals surface area contributed by atoms with Gasteiger partial charge in [0.2, 0.25) is 0 Å². The van der Waals surface area contributed by atoms with Gasteiger partial charge in [0.1, 0.15) is 22.9 Å². The van der Waals surface area contributed by atoms with Crippen LogP contribution < -0.4 is 4.74 Å². The molecule has 0 spiro atoms. The molecule has 1 aliphatic rings. The van der Waals surface area contributed by atoms with E-state index in [1.54, 1.807) is 12.1 Å². The topological polar surface area (TPSA) is 78.5 Å². The summed E-state index contributed by atoms with van der Waals surface area (Å²) >= 11 is 0. The number of aromatic amines is 1. The van der Waals surface area contributed by atoms with Crippen molar-refractivity contribution in [3.05, 3.63) is 65.4 Å². The predicted octanol–water partition coefficient (Wildman–Crippen LogP) is 4.14. The van der Waals surface area contributed by atoms with Crippen molar-refractivity contribution in [3.63, 3.8) is 0 Å². The number of nitrogens with one attached hydrogen (secondary N) is 1. The first kappa shape index (κ1) is 18.1. The Labute approximate surface area is 163 Å². The van der Waals surface area contributed by atoms with Gasteiger partial charge in [-0.3, -0.25) is 9.89 Å². The van der Waals surface area contributed by atoms with Crippen LogP contribution in [-0.2, 0) is 0 Å². The number of H-pyrrole nitrogens is 1. The molecule has 1 atom stereocenters. The summed E-state index contributed by atoms with van der Waals surface area (Å²) in [5.41, 5.74) is 3.46. The summed E-state index contributed by atoms with van der Waals surface area (Å²) in [4.78, 5) is 14.9. The van der Waals surface area contributed by atoms with Gasteiger partial charge in [-0.2, -0.15) is 5.10 Å². The van der Waals surface area contributed by atoms with E-state index in [4.69, 9.17) is 4.74 Å². The molecule has 2 N–H and O–H groups in total. The Morgan fingerprint density at radius 1 is 1.18 bits per heavy atom. The molecule has 0 aliphatic carbocycles. The predicted molar refractivity (Wildman–Crippen MR) is 106 cm³/mol. The number of aromatic hydroxyl groups is 1. The van der Waals surface area contributed by atoms with Gasteiger partial charge >= 0.3 is 0 Å². The molecule has 6 heteroatoms. The van der Waals surface area contributed by atoms with Crippen LogP contribution in [0.2, 0.25) is 0 Å². The van der Waals surface area contributed by atoms with Crippen LogP contribution in [0.4, 0.5) is 0 Å². The number of phenolic OH excluding ortho intramolecular Hbond substituents is 1. The highest BCUT2D eigenvalue weighted by Crippen LogP contribution is 2.44. The Hall–Kier alpha value is -3.28. The highest BCUT2D eigenvalue weighted by atomic mass is 16.5. The van der Waals surface area contributed by atoms with Gasteiger partial charge in [0, 0.05) is 17.7 Å². The number of carbonyl (C=O) groups is 1. The summed E-state index contributed by atoms with van der Waals surface area (Å²) in [6, 6.07) is 14.6. The van der Waals surface area contributed by atoms with Gasteiger partial charge in [0.15, 0.2) is 0 Å².